The van der Waals surface area contributed by atoms with Crippen LogP contribution in [0, 0.1) is 0 Å². The average molecular weight is 283 g/mol. The van der Waals surface area contributed by atoms with Crippen LogP contribution in [0.15, 0.2) is 0 Å². The maximum atomic E-state index is 11.7. The lowest BCUT2D eigenvalue weighted by Crippen LogP contribution is -2.26. The summed E-state index contributed by atoms with van der Waals surface area (Å²) < 4.78 is 14.0. The summed E-state index contributed by atoms with van der Waals surface area (Å²) in [5, 5.41) is 3.37. The second-order valence-corrected chi connectivity index (χ2v) is 7.96. The maximum Gasteiger partial charge on any atom is 0.114 e. The van der Waals surface area contributed by atoms with E-state index in [0.717, 1.165) is 43.4 Å². The molecule has 1 aromatic rings. The van der Waals surface area contributed by atoms with Crippen LogP contribution in [0.25, 0.3) is 0 Å². The molecule has 0 radical (unpaired) electrons. The van der Waals surface area contributed by atoms with Crippen LogP contribution in [0.5, 0.6) is 0 Å². The number of fused-ring (bicyclic) bond motifs is 1. The molecular formula is C14H25N3OS. The summed E-state index contributed by atoms with van der Waals surface area (Å²) in [5.74, 6) is 2.60. The Balaban J connectivity index is 2.32. The van der Waals surface area contributed by atoms with Gasteiger partial charge in [0.15, 0.2) is 0 Å². The molecule has 0 aromatic carbocycles. The molecule has 1 aliphatic heterocycles. The van der Waals surface area contributed by atoms with E-state index >= 15 is 0 Å². The second-order valence-electron chi connectivity index (χ2n) is 6.09. The van der Waals surface area contributed by atoms with E-state index < -0.39 is 10.8 Å². The Morgan fingerprint density at radius 1 is 1.42 bits per heavy atom. The molecule has 0 saturated carbocycles. The Morgan fingerprint density at radius 3 is 2.79 bits per heavy atom. The Hall–Kier alpha value is -0.680. The fourth-order valence-electron chi connectivity index (χ4n) is 2.52. The molecule has 1 aliphatic rings. The van der Waals surface area contributed by atoms with Crippen molar-refractivity contribution in [2.24, 2.45) is 0 Å². The number of hydrogen-bond donors (Lipinski definition) is 1. The number of hydrogen-bond acceptors (Lipinski definition) is 3. The van der Waals surface area contributed by atoms with Crippen molar-refractivity contribution in [3.05, 3.63) is 17.2 Å². The predicted molar refractivity (Wildman–Crippen MR) is 79.9 cm³/mol. The van der Waals surface area contributed by atoms with Crippen molar-refractivity contribution in [1.29, 1.82) is 0 Å². The number of imidazole rings is 1. The average Bonchev–Trinajstić information content (AvgIpc) is 2.74. The van der Waals surface area contributed by atoms with Crippen molar-refractivity contribution >= 4 is 10.8 Å². The molecule has 0 saturated heterocycles. The fourth-order valence-corrected chi connectivity index (χ4v) is 3.20. The first-order valence-electron chi connectivity index (χ1n) is 7.08. The third kappa shape index (κ3) is 3.26. The van der Waals surface area contributed by atoms with Gasteiger partial charge in [0, 0.05) is 59.5 Å². The first-order chi connectivity index (χ1) is 8.93. The third-order valence-corrected chi connectivity index (χ3v) is 4.80. The smallest absolute Gasteiger partial charge is 0.114 e. The zero-order chi connectivity index (χ0) is 14.0. The van der Waals surface area contributed by atoms with Gasteiger partial charge in [-0.25, -0.2) is 4.98 Å². The molecular weight excluding hydrogens is 258 g/mol. The first-order valence-corrected chi connectivity index (χ1v) is 8.56. The molecule has 4 nitrogen and oxygen atoms in total. The lowest BCUT2D eigenvalue weighted by Gasteiger charge is -2.21. The van der Waals surface area contributed by atoms with Crippen LogP contribution in [-0.2, 0) is 35.7 Å². The SMILES string of the molecule is CCS(=O)CCn1c(C(C)(C)C)nc2c1CCNC2. The maximum absolute atomic E-state index is 11.7. The molecule has 2 heterocycles. The van der Waals surface area contributed by atoms with Crippen LogP contribution in [0.1, 0.15) is 44.9 Å². The minimum absolute atomic E-state index is 0.0328. The molecule has 0 spiro atoms. The lowest BCUT2D eigenvalue weighted by atomic mass is 9.95. The molecule has 5 heteroatoms. The summed E-state index contributed by atoms with van der Waals surface area (Å²) in [6, 6.07) is 0. The summed E-state index contributed by atoms with van der Waals surface area (Å²) in [6.45, 7) is 11.3. The molecule has 2 rings (SSSR count). The number of nitrogens with zero attached hydrogens (tertiary/aromatic N) is 2. The summed E-state index contributed by atoms with van der Waals surface area (Å²) in [6.07, 6.45) is 1.02. The third-order valence-electron chi connectivity index (χ3n) is 3.52. The van der Waals surface area contributed by atoms with Crippen LogP contribution < -0.4 is 5.32 Å². The lowest BCUT2D eigenvalue weighted by molar-refractivity contribution is 0.499. The van der Waals surface area contributed by atoms with Crippen LogP contribution in [0.4, 0.5) is 0 Å². The molecule has 1 aromatic heterocycles. The summed E-state index contributed by atoms with van der Waals surface area (Å²) in [4.78, 5) is 4.83. The molecule has 108 valence electrons. The van der Waals surface area contributed by atoms with Crippen LogP contribution in [-0.4, -0.2) is 31.8 Å². The van der Waals surface area contributed by atoms with E-state index in [9.17, 15) is 4.21 Å². The van der Waals surface area contributed by atoms with Gasteiger partial charge >= 0.3 is 0 Å². The first kappa shape index (κ1) is 14.7. The summed E-state index contributed by atoms with van der Waals surface area (Å²) >= 11 is 0. The van der Waals surface area contributed by atoms with Crippen molar-refractivity contribution < 1.29 is 4.21 Å². The minimum atomic E-state index is -0.712. The van der Waals surface area contributed by atoms with Gasteiger partial charge in [0.25, 0.3) is 0 Å². The van der Waals surface area contributed by atoms with Gasteiger partial charge in [0.05, 0.1) is 5.69 Å². The Bertz CT molecular complexity index is 474. The molecule has 0 aliphatic carbocycles. The zero-order valence-corrected chi connectivity index (χ0v) is 13.3. The fraction of sp³-hybridized carbons (Fsp3) is 0.786. The van der Waals surface area contributed by atoms with Gasteiger partial charge in [-0.15, -0.1) is 0 Å². The Labute approximate surface area is 118 Å². The standard InChI is InChI=1S/C14H25N3OS/c1-5-19(18)9-8-17-12-6-7-15-10-11(12)16-13(17)14(2,3)4/h15H,5-10H2,1-4H3. The predicted octanol–water partition coefficient (Wildman–Crippen LogP) is 1.59. The van der Waals surface area contributed by atoms with E-state index in [0.29, 0.717) is 0 Å². The largest absolute Gasteiger partial charge is 0.330 e. The number of aromatic nitrogens is 2. The van der Waals surface area contributed by atoms with Crippen LogP contribution >= 0.6 is 0 Å². The van der Waals surface area contributed by atoms with E-state index in [2.05, 4.69) is 30.7 Å². The summed E-state index contributed by atoms with van der Waals surface area (Å²) in [7, 11) is -0.712. The van der Waals surface area contributed by atoms with Gasteiger partial charge in [0.2, 0.25) is 0 Å². The van der Waals surface area contributed by atoms with Crippen LogP contribution in [0.2, 0.25) is 0 Å². The van der Waals surface area contributed by atoms with Crippen molar-refractivity contribution in [1.82, 2.24) is 14.9 Å². The highest BCUT2D eigenvalue weighted by Crippen LogP contribution is 2.26. The molecule has 1 atom stereocenters. The Morgan fingerprint density at radius 2 is 2.16 bits per heavy atom. The van der Waals surface area contributed by atoms with Crippen molar-refractivity contribution in [2.75, 3.05) is 18.1 Å². The van der Waals surface area contributed by atoms with Gasteiger partial charge in [0.1, 0.15) is 5.82 Å². The van der Waals surface area contributed by atoms with E-state index in [1.165, 1.54) is 11.4 Å². The second kappa shape index (κ2) is 5.75. The van der Waals surface area contributed by atoms with Crippen molar-refractivity contribution in [3.63, 3.8) is 0 Å². The van der Waals surface area contributed by atoms with E-state index in [1.807, 2.05) is 6.92 Å². The highest BCUT2D eigenvalue weighted by atomic mass is 32.2. The number of nitrogens with one attached hydrogen (secondary N) is 1. The van der Waals surface area contributed by atoms with E-state index in [1.54, 1.807) is 0 Å². The quantitative estimate of drug-likeness (QED) is 0.913. The molecule has 0 bridgehead atoms. The highest BCUT2D eigenvalue weighted by molar-refractivity contribution is 7.84. The van der Waals surface area contributed by atoms with Gasteiger partial charge in [-0.1, -0.05) is 27.7 Å². The normalized spacial score (nSPS) is 17.3. The molecule has 0 fully saturated rings. The zero-order valence-electron chi connectivity index (χ0n) is 12.5. The van der Waals surface area contributed by atoms with Crippen molar-refractivity contribution in [2.45, 2.75) is 52.6 Å². The molecule has 0 amide bonds. The van der Waals surface area contributed by atoms with Gasteiger partial charge in [-0.2, -0.15) is 0 Å². The minimum Gasteiger partial charge on any atom is -0.330 e. The van der Waals surface area contributed by atoms with Crippen molar-refractivity contribution in [3.8, 4) is 0 Å². The van der Waals surface area contributed by atoms with Gasteiger partial charge < -0.3 is 9.88 Å². The van der Waals surface area contributed by atoms with Gasteiger partial charge in [-0.05, 0) is 0 Å². The van der Waals surface area contributed by atoms with E-state index in [-0.39, 0.29) is 5.41 Å². The number of rotatable bonds is 4. The van der Waals surface area contributed by atoms with E-state index in [4.69, 9.17) is 4.98 Å². The highest BCUT2D eigenvalue weighted by Gasteiger charge is 2.26. The molecule has 1 unspecified atom stereocenters. The molecule has 1 N–H and O–H groups in total. The Kier molecular flexibility index (Phi) is 4.46. The van der Waals surface area contributed by atoms with Crippen LogP contribution in [0.3, 0.4) is 0 Å². The summed E-state index contributed by atoms with van der Waals surface area (Å²) in [5.41, 5.74) is 2.56. The topological polar surface area (TPSA) is 46.9 Å². The molecule has 19 heavy (non-hydrogen) atoms. The monoisotopic (exact) mass is 283 g/mol. The van der Waals surface area contributed by atoms with Gasteiger partial charge in [-0.3, -0.25) is 4.21 Å².